The number of hydrogen-bond acceptors (Lipinski definition) is 1. The minimum Gasteiger partial charge on any atom is -0.265 e. The molecule has 0 atom stereocenters. The Morgan fingerprint density at radius 2 is 1.50 bits per heavy atom. The molecule has 1 nitrogen and oxygen atoms in total. The Bertz CT molecular complexity index is 297. The van der Waals surface area contributed by atoms with Gasteiger partial charge in [0.05, 0.1) is 0 Å². The second-order valence-electron chi connectivity index (χ2n) is 2.96. The van der Waals surface area contributed by atoms with Crippen LogP contribution in [0.5, 0.6) is 0 Å². The van der Waals surface area contributed by atoms with Gasteiger partial charge in [-0.1, -0.05) is 76.7 Å². The third-order valence-corrected chi connectivity index (χ3v) is 1.34. The van der Waals surface area contributed by atoms with Crippen molar-refractivity contribution in [3.63, 3.8) is 0 Å². The van der Waals surface area contributed by atoms with E-state index in [-0.39, 0.29) is 0 Å². The van der Waals surface area contributed by atoms with Gasteiger partial charge in [0.1, 0.15) is 0 Å². The predicted molar refractivity (Wildman–Crippen MR) is 87.4 cm³/mol. The fourth-order valence-electron chi connectivity index (χ4n) is 0.714. The molecule has 1 rings (SSSR count). The van der Waals surface area contributed by atoms with Crippen LogP contribution in [0.15, 0.2) is 60.3 Å². The smallest absolute Gasteiger partial charge is 0.0290 e. The maximum atomic E-state index is 3.71. The highest BCUT2D eigenvalue weighted by molar-refractivity contribution is 5.77. The molecule has 0 bridgehead atoms. The summed E-state index contributed by atoms with van der Waals surface area (Å²) in [5.41, 5.74) is 2.27. The van der Waals surface area contributed by atoms with Crippen molar-refractivity contribution in [1.82, 2.24) is 0 Å². The molecule has 1 aromatic rings. The quantitative estimate of drug-likeness (QED) is 0.583. The monoisotopic (exact) mass is 247 g/mol. The third-order valence-electron chi connectivity index (χ3n) is 1.34. The summed E-state index contributed by atoms with van der Waals surface area (Å²) in [6.45, 7) is 19.0. The van der Waals surface area contributed by atoms with E-state index in [1.165, 1.54) is 11.8 Å². The normalized spacial score (nSPS) is 7.67. The minimum atomic E-state index is 0.944. The molecule has 0 aliphatic rings. The summed E-state index contributed by atoms with van der Waals surface area (Å²) >= 11 is 0. The molecular weight excluding hydrogens is 218 g/mol. The van der Waals surface area contributed by atoms with Gasteiger partial charge in [0.2, 0.25) is 0 Å². The molecule has 1 heteroatoms. The topological polar surface area (TPSA) is 12.4 Å². The molecule has 0 amide bonds. The molecule has 1 aromatic carbocycles. The Hall–Kier alpha value is -1.63. The SMILES string of the molecule is C=CN=CC(=C)C.CC.CC.Cc1ccccc1. The summed E-state index contributed by atoms with van der Waals surface area (Å²) in [6.07, 6.45) is 3.14. The van der Waals surface area contributed by atoms with Gasteiger partial charge in [-0.2, -0.15) is 0 Å². The third kappa shape index (κ3) is 23.9. The summed E-state index contributed by atoms with van der Waals surface area (Å²) in [4.78, 5) is 3.71. The Morgan fingerprint density at radius 1 is 1.06 bits per heavy atom. The lowest BCUT2D eigenvalue weighted by molar-refractivity contribution is 1.48. The molecule has 0 saturated carbocycles. The van der Waals surface area contributed by atoms with Crippen molar-refractivity contribution < 1.29 is 0 Å². The molecular formula is C17H29N. The fraction of sp³-hybridized carbons (Fsp3) is 0.353. The van der Waals surface area contributed by atoms with E-state index in [0.717, 1.165) is 5.57 Å². The van der Waals surface area contributed by atoms with E-state index in [2.05, 4.69) is 37.2 Å². The Morgan fingerprint density at radius 3 is 1.67 bits per heavy atom. The highest BCUT2D eigenvalue weighted by Gasteiger charge is 1.72. The lowest BCUT2D eigenvalue weighted by Gasteiger charge is -1.82. The number of hydrogen-bond donors (Lipinski definition) is 0. The summed E-state index contributed by atoms with van der Waals surface area (Å²) in [7, 11) is 0. The van der Waals surface area contributed by atoms with Crippen LogP contribution in [0, 0.1) is 6.92 Å². The zero-order valence-corrected chi connectivity index (χ0v) is 12.9. The Labute approximate surface area is 114 Å². The van der Waals surface area contributed by atoms with Crippen LogP contribution in [-0.4, -0.2) is 6.21 Å². The average Bonchev–Trinajstić information content (AvgIpc) is 2.42. The van der Waals surface area contributed by atoms with Crippen molar-refractivity contribution in [1.29, 1.82) is 0 Å². The van der Waals surface area contributed by atoms with Gasteiger partial charge in [-0.3, -0.25) is 4.99 Å². The second kappa shape index (κ2) is 20.7. The van der Waals surface area contributed by atoms with Crippen LogP contribution in [0.4, 0.5) is 0 Å². The standard InChI is InChI=1S/C7H8.C6H9N.2C2H6/c1-7-5-3-2-4-6-7;1-4-7-5-6(2)3;2*1-2/h2-6H,1H3;4-5H,1-2H2,3H3;2*1-2H3. The molecule has 0 heterocycles. The second-order valence-corrected chi connectivity index (χ2v) is 2.96. The summed E-state index contributed by atoms with van der Waals surface area (Å²) < 4.78 is 0. The van der Waals surface area contributed by atoms with Gasteiger partial charge in [-0.25, -0.2) is 0 Å². The zero-order valence-electron chi connectivity index (χ0n) is 12.9. The highest BCUT2D eigenvalue weighted by Crippen LogP contribution is 1.92. The van der Waals surface area contributed by atoms with Crippen LogP contribution < -0.4 is 0 Å². The first-order valence-electron chi connectivity index (χ1n) is 6.48. The highest BCUT2D eigenvalue weighted by atomic mass is 14.6. The first kappa shape index (κ1) is 21.6. The molecule has 0 saturated heterocycles. The van der Waals surface area contributed by atoms with Crippen LogP contribution in [0.25, 0.3) is 0 Å². The fourth-order valence-corrected chi connectivity index (χ4v) is 0.714. The van der Waals surface area contributed by atoms with Crippen LogP contribution in [-0.2, 0) is 0 Å². The van der Waals surface area contributed by atoms with E-state index in [9.17, 15) is 0 Å². The number of nitrogens with zero attached hydrogens (tertiary/aromatic N) is 1. The molecule has 0 unspecified atom stereocenters. The number of rotatable bonds is 2. The maximum Gasteiger partial charge on any atom is 0.0290 e. The van der Waals surface area contributed by atoms with Crippen molar-refractivity contribution in [2.24, 2.45) is 4.99 Å². The van der Waals surface area contributed by atoms with E-state index in [0.29, 0.717) is 0 Å². The first-order chi connectivity index (χ1) is 8.66. The van der Waals surface area contributed by atoms with Gasteiger partial charge >= 0.3 is 0 Å². The van der Waals surface area contributed by atoms with Gasteiger partial charge < -0.3 is 0 Å². The van der Waals surface area contributed by atoms with Crippen molar-refractivity contribution in [2.75, 3.05) is 0 Å². The lowest BCUT2D eigenvalue weighted by atomic mass is 10.2. The molecule has 0 aliphatic heterocycles. The van der Waals surface area contributed by atoms with Crippen LogP contribution in [0.1, 0.15) is 40.2 Å². The van der Waals surface area contributed by atoms with Gasteiger partial charge in [-0.05, 0) is 19.4 Å². The van der Waals surface area contributed by atoms with Crippen molar-refractivity contribution in [3.8, 4) is 0 Å². The molecule has 0 radical (unpaired) electrons. The van der Waals surface area contributed by atoms with Gasteiger partial charge in [0.25, 0.3) is 0 Å². The molecule has 18 heavy (non-hydrogen) atoms. The maximum absolute atomic E-state index is 3.71. The Balaban J connectivity index is -0.000000196. The Kier molecular flexibility index (Phi) is 24.9. The van der Waals surface area contributed by atoms with Gasteiger partial charge in [0.15, 0.2) is 0 Å². The molecule has 102 valence electrons. The van der Waals surface area contributed by atoms with E-state index >= 15 is 0 Å². The number of benzene rings is 1. The summed E-state index contributed by atoms with van der Waals surface area (Å²) in [5.74, 6) is 0. The molecule has 0 aliphatic carbocycles. The zero-order chi connectivity index (χ0) is 14.8. The molecule has 0 spiro atoms. The van der Waals surface area contributed by atoms with Crippen molar-refractivity contribution in [2.45, 2.75) is 41.5 Å². The molecule has 0 N–H and O–H groups in total. The number of aryl methyl sites for hydroxylation is 1. The summed E-state index contributed by atoms with van der Waals surface area (Å²) in [6, 6.07) is 10.3. The van der Waals surface area contributed by atoms with Gasteiger partial charge in [-0.15, -0.1) is 0 Å². The minimum absolute atomic E-state index is 0.944. The first-order valence-corrected chi connectivity index (χ1v) is 6.48. The van der Waals surface area contributed by atoms with Crippen LogP contribution in [0.2, 0.25) is 0 Å². The summed E-state index contributed by atoms with van der Waals surface area (Å²) in [5, 5.41) is 0. The molecule has 0 fully saturated rings. The van der Waals surface area contributed by atoms with Gasteiger partial charge in [0, 0.05) is 12.4 Å². The van der Waals surface area contributed by atoms with Crippen LogP contribution in [0.3, 0.4) is 0 Å². The van der Waals surface area contributed by atoms with E-state index in [1.807, 2.05) is 52.8 Å². The van der Waals surface area contributed by atoms with Crippen molar-refractivity contribution >= 4 is 6.21 Å². The predicted octanol–water partition coefficient (Wildman–Crippen LogP) is 5.82. The average molecular weight is 247 g/mol. The molecule has 0 aromatic heterocycles. The van der Waals surface area contributed by atoms with E-state index in [1.54, 1.807) is 6.21 Å². The largest absolute Gasteiger partial charge is 0.265 e. The lowest BCUT2D eigenvalue weighted by Crippen LogP contribution is -1.68. The van der Waals surface area contributed by atoms with E-state index in [4.69, 9.17) is 0 Å². The van der Waals surface area contributed by atoms with Crippen molar-refractivity contribution in [3.05, 3.63) is 60.8 Å². The van der Waals surface area contributed by atoms with E-state index < -0.39 is 0 Å². The number of allylic oxidation sites excluding steroid dienone is 1. The number of aliphatic imine (C=N–C) groups is 1. The van der Waals surface area contributed by atoms with Crippen LogP contribution >= 0.6 is 0 Å².